The van der Waals surface area contributed by atoms with Gasteiger partial charge in [-0.2, -0.15) is 5.26 Å². The van der Waals surface area contributed by atoms with E-state index in [1.807, 2.05) is 6.07 Å². The largest absolute Gasteiger partial charge is 0.495 e. The Balaban J connectivity index is 1.78. The Morgan fingerprint density at radius 3 is 2.38 bits per heavy atom. The van der Waals surface area contributed by atoms with Crippen LogP contribution >= 0.6 is 11.6 Å². The zero-order valence-corrected chi connectivity index (χ0v) is 14.8. The predicted molar refractivity (Wildman–Crippen MR) is 98.1 cm³/mol. The minimum atomic E-state index is -1.16. The van der Waals surface area contributed by atoms with Gasteiger partial charge in [-0.05, 0) is 43.2 Å². The summed E-state index contributed by atoms with van der Waals surface area (Å²) in [6.45, 7) is 0. The van der Waals surface area contributed by atoms with Gasteiger partial charge >= 0.3 is 0 Å². The molecule has 0 aliphatic heterocycles. The van der Waals surface area contributed by atoms with Gasteiger partial charge in [0.1, 0.15) is 17.2 Å². The molecule has 2 N–H and O–H groups in total. The molecule has 26 heavy (non-hydrogen) atoms. The summed E-state index contributed by atoms with van der Waals surface area (Å²) >= 11 is 5.97. The summed E-state index contributed by atoms with van der Waals surface area (Å²) < 4.78 is 5.21. The van der Waals surface area contributed by atoms with Gasteiger partial charge in [-0.3, -0.25) is 9.59 Å². The average Bonchev–Trinajstić information content (AvgIpc) is 3.44. The third kappa shape index (κ3) is 3.35. The highest BCUT2D eigenvalue weighted by molar-refractivity contribution is 6.31. The Bertz CT molecular complexity index is 916. The van der Waals surface area contributed by atoms with Crippen molar-refractivity contribution in [2.45, 2.75) is 12.8 Å². The third-order valence-corrected chi connectivity index (χ3v) is 4.56. The molecule has 2 amide bonds. The first kappa shape index (κ1) is 17.8. The predicted octanol–water partition coefficient (Wildman–Crippen LogP) is 3.58. The summed E-state index contributed by atoms with van der Waals surface area (Å²) in [4.78, 5) is 25.4. The molecule has 1 saturated carbocycles. The van der Waals surface area contributed by atoms with E-state index < -0.39 is 17.2 Å². The number of hydrogen-bond acceptors (Lipinski definition) is 4. The van der Waals surface area contributed by atoms with Crippen LogP contribution in [0.1, 0.15) is 18.4 Å². The van der Waals surface area contributed by atoms with Crippen LogP contribution in [0.5, 0.6) is 5.75 Å². The number of carbonyl (C=O) groups excluding carboxylic acids is 2. The monoisotopic (exact) mass is 369 g/mol. The lowest BCUT2D eigenvalue weighted by molar-refractivity contribution is -0.131. The number of halogens is 1. The maximum Gasteiger partial charge on any atom is 0.240 e. The molecule has 0 atom stereocenters. The molecule has 0 aromatic heterocycles. The van der Waals surface area contributed by atoms with E-state index in [9.17, 15) is 9.59 Å². The van der Waals surface area contributed by atoms with Crippen LogP contribution in [-0.4, -0.2) is 18.9 Å². The number of nitrogens with zero attached hydrogens (tertiary/aromatic N) is 1. The molecule has 0 spiro atoms. The highest BCUT2D eigenvalue weighted by atomic mass is 35.5. The fourth-order valence-electron chi connectivity index (χ4n) is 2.63. The molecule has 1 aliphatic rings. The minimum Gasteiger partial charge on any atom is -0.495 e. The maximum atomic E-state index is 12.7. The fourth-order valence-corrected chi connectivity index (χ4v) is 2.81. The van der Waals surface area contributed by atoms with Crippen LogP contribution < -0.4 is 15.4 Å². The smallest absolute Gasteiger partial charge is 0.240 e. The van der Waals surface area contributed by atoms with Crippen molar-refractivity contribution in [1.82, 2.24) is 0 Å². The van der Waals surface area contributed by atoms with Crippen molar-refractivity contribution in [3.05, 3.63) is 53.1 Å². The quantitative estimate of drug-likeness (QED) is 0.788. The lowest BCUT2D eigenvalue weighted by atomic mass is 10.0. The molecule has 0 unspecified atom stereocenters. The second kappa shape index (κ2) is 7.06. The highest BCUT2D eigenvalue weighted by Crippen LogP contribution is 2.48. The van der Waals surface area contributed by atoms with Crippen LogP contribution in [0.3, 0.4) is 0 Å². The van der Waals surface area contributed by atoms with Crippen molar-refractivity contribution in [2.75, 3.05) is 17.7 Å². The lowest BCUT2D eigenvalue weighted by Crippen LogP contribution is -2.35. The molecule has 0 saturated heterocycles. The van der Waals surface area contributed by atoms with E-state index in [1.165, 1.54) is 7.11 Å². The third-order valence-electron chi connectivity index (χ3n) is 4.32. The Morgan fingerprint density at radius 2 is 1.77 bits per heavy atom. The van der Waals surface area contributed by atoms with E-state index in [0.29, 0.717) is 40.6 Å². The first-order chi connectivity index (χ1) is 12.5. The SMILES string of the molecule is COc1ccc(Cl)cc1NC(=O)C1(C(=O)Nc2ccccc2C#N)CC1. The normalized spacial score (nSPS) is 14.0. The molecule has 1 aliphatic carbocycles. The second-order valence-corrected chi connectivity index (χ2v) is 6.43. The summed E-state index contributed by atoms with van der Waals surface area (Å²) in [5.41, 5.74) is -0.0231. The molecule has 6 nitrogen and oxygen atoms in total. The van der Waals surface area contributed by atoms with Gasteiger partial charge in [0.05, 0.1) is 24.0 Å². The van der Waals surface area contributed by atoms with Gasteiger partial charge in [0, 0.05) is 5.02 Å². The van der Waals surface area contributed by atoms with Crippen LogP contribution in [0.2, 0.25) is 5.02 Å². The molecule has 7 heteroatoms. The number of methoxy groups -OCH3 is 1. The molecule has 2 aromatic rings. The summed E-state index contributed by atoms with van der Waals surface area (Å²) in [6, 6.07) is 13.5. The number of nitrogens with one attached hydrogen (secondary N) is 2. The Labute approximate surface area is 155 Å². The lowest BCUT2D eigenvalue weighted by Gasteiger charge is -2.17. The Morgan fingerprint density at radius 1 is 1.12 bits per heavy atom. The number of anilines is 2. The van der Waals surface area contributed by atoms with Crippen molar-refractivity contribution in [1.29, 1.82) is 5.26 Å². The first-order valence-electron chi connectivity index (χ1n) is 7.96. The van der Waals surface area contributed by atoms with Gasteiger partial charge in [0.15, 0.2) is 0 Å². The standard InChI is InChI=1S/C19H16ClN3O3/c1-26-16-7-6-13(20)10-15(16)23-18(25)19(8-9-19)17(24)22-14-5-3-2-4-12(14)11-21/h2-7,10H,8-9H2,1H3,(H,22,24)(H,23,25). The van der Waals surface area contributed by atoms with E-state index >= 15 is 0 Å². The van der Waals surface area contributed by atoms with Gasteiger partial charge in [-0.25, -0.2) is 0 Å². The Kier molecular flexibility index (Phi) is 4.83. The summed E-state index contributed by atoms with van der Waals surface area (Å²) in [7, 11) is 1.48. The molecule has 3 rings (SSSR count). The highest BCUT2D eigenvalue weighted by Gasteiger charge is 2.56. The zero-order valence-electron chi connectivity index (χ0n) is 14.0. The molecule has 132 valence electrons. The van der Waals surface area contributed by atoms with E-state index in [4.69, 9.17) is 21.6 Å². The fraction of sp³-hybridized carbons (Fsp3) is 0.211. The van der Waals surface area contributed by atoms with Crippen molar-refractivity contribution in [3.8, 4) is 11.8 Å². The van der Waals surface area contributed by atoms with E-state index in [2.05, 4.69) is 10.6 Å². The van der Waals surface area contributed by atoms with E-state index in [-0.39, 0.29) is 0 Å². The molecular weight excluding hydrogens is 354 g/mol. The van der Waals surface area contributed by atoms with Crippen LogP contribution in [0.15, 0.2) is 42.5 Å². The number of rotatable bonds is 5. The Hall–Kier alpha value is -3.04. The number of ether oxygens (including phenoxy) is 1. The second-order valence-electron chi connectivity index (χ2n) is 5.99. The van der Waals surface area contributed by atoms with E-state index in [1.54, 1.807) is 42.5 Å². The number of carbonyl (C=O) groups is 2. The summed E-state index contributed by atoms with van der Waals surface area (Å²) in [5, 5.41) is 15.0. The number of amides is 2. The molecule has 2 aromatic carbocycles. The van der Waals surface area contributed by atoms with Gasteiger partial charge in [-0.15, -0.1) is 0 Å². The maximum absolute atomic E-state index is 12.7. The van der Waals surface area contributed by atoms with Gasteiger partial charge in [-0.1, -0.05) is 23.7 Å². The van der Waals surface area contributed by atoms with E-state index in [0.717, 1.165) is 0 Å². The number of nitriles is 1. The molecule has 0 heterocycles. The van der Waals surface area contributed by atoms with Crippen molar-refractivity contribution in [2.24, 2.45) is 5.41 Å². The molecule has 0 bridgehead atoms. The van der Waals surface area contributed by atoms with Gasteiger partial charge in [0.2, 0.25) is 11.8 Å². The molecule has 0 radical (unpaired) electrons. The molecule has 1 fully saturated rings. The van der Waals surface area contributed by atoms with Crippen LogP contribution in [-0.2, 0) is 9.59 Å². The summed E-state index contributed by atoms with van der Waals surface area (Å²) in [5.74, 6) is -0.405. The average molecular weight is 370 g/mol. The number of hydrogen-bond donors (Lipinski definition) is 2. The summed E-state index contributed by atoms with van der Waals surface area (Å²) in [6.07, 6.45) is 0.866. The van der Waals surface area contributed by atoms with Crippen molar-refractivity contribution in [3.63, 3.8) is 0 Å². The van der Waals surface area contributed by atoms with Gasteiger partial charge in [0.25, 0.3) is 0 Å². The van der Waals surface area contributed by atoms with Crippen LogP contribution in [0, 0.1) is 16.7 Å². The number of para-hydroxylation sites is 1. The van der Waals surface area contributed by atoms with Crippen molar-refractivity contribution >= 4 is 34.8 Å². The topological polar surface area (TPSA) is 91.2 Å². The van der Waals surface area contributed by atoms with Crippen molar-refractivity contribution < 1.29 is 14.3 Å². The zero-order chi connectivity index (χ0) is 18.7. The van der Waals surface area contributed by atoms with Crippen LogP contribution in [0.4, 0.5) is 11.4 Å². The minimum absolute atomic E-state index is 0.341. The van der Waals surface area contributed by atoms with Gasteiger partial charge < -0.3 is 15.4 Å². The molecular formula is C19H16ClN3O3. The van der Waals surface area contributed by atoms with Crippen LogP contribution in [0.25, 0.3) is 0 Å². The number of benzene rings is 2. The first-order valence-corrected chi connectivity index (χ1v) is 8.33.